The highest BCUT2D eigenvalue weighted by Crippen LogP contribution is 2.39. The minimum Gasteiger partial charge on any atom is -0.330 e. The Bertz CT molecular complexity index is 836. The van der Waals surface area contributed by atoms with E-state index in [1.165, 1.54) is 0 Å². The van der Waals surface area contributed by atoms with Crippen LogP contribution in [0, 0.1) is 0 Å². The predicted molar refractivity (Wildman–Crippen MR) is 114 cm³/mol. The van der Waals surface area contributed by atoms with Crippen LogP contribution in [0.5, 0.6) is 0 Å². The molecule has 0 amide bonds. The van der Waals surface area contributed by atoms with Crippen LogP contribution in [0.4, 0.5) is 0 Å². The highest BCUT2D eigenvalue weighted by Gasteiger charge is 2.36. The summed E-state index contributed by atoms with van der Waals surface area (Å²) in [7, 11) is -3.35. The quantitative estimate of drug-likeness (QED) is 0.729. The molecule has 0 atom stereocenters. The van der Waals surface area contributed by atoms with E-state index in [-0.39, 0.29) is 29.6 Å². The first-order chi connectivity index (χ1) is 12.4. The molecule has 0 aliphatic heterocycles. The number of halogens is 2. The third-order valence-corrected chi connectivity index (χ3v) is 6.96. The van der Waals surface area contributed by atoms with Gasteiger partial charge in [-0.3, -0.25) is 0 Å². The summed E-state index contributed by atoms with van der Waals surface area (Å²) >= 11 is 6.14. The fraction of sp³-hybridized carbons (Fsp3) is 0.400. The maximum Gasteiger partial charge on any atom is 0.216 e. The van der Waals surface area contributed by atoms with Crippen LogP contribution >= 0.6 is 24.0 Å². The van der Waals surface area contributed by atoms with Gasteiger partial charge in [-0.25, -0.2) is 13.1 Å². The fourth-order valence-electron chi connectivity index (χ4n) is 3.81. The smallest absolute Gasteiger partial charge is 0.216 e. The molecule has 4 nitrogen and oxygen atoms in total. The van der Waals surface area contributed by atoms with Crippen molar-refractivity contribution in [1.29, 1.82) is 0 Å². The van der Waals surface area contributed by atoms with Gasteiger partial charge >= 0.3 is 0 Å². The Hall–Kier alpha value is -1.11. The molecule has 1 fully saturated rings. The molecule has 3 N–H and O–H groups in total. The van der Waals surface area contributed by atoms with E-state index in [2.05, 4.69) is 10.8 Å². The van der Waals surface area contributed by atoms with Gasteiger partial charge in [-0.05, 0) is 48.9 Å². The normalized spacial score (nSPS) is 22.8. The van der Waals surface area contributed by atoms with Crippen molar-refractivity contribution in [2.75, 3.05) is 6.54 Å². The van der Waals surface area contributed by atoms with E-state index in [4.69, 9.17) is 17.3 Å². The topological polar surface area (TPSA) is 72.2 Å². The zero-order valence-corrected chi connectivity index (χ0v) is 17.5. The molecular weight excluding hydrogens is 403 g/mol. The third kappa shape index (κ3) is 5.69. The van der Waals surface area contributed by atoms with Gasteiger partial charge in [0.05, 0.1) is 5.75 Å². The molecule has 0 saturated heterocycles. The number of rotatable bonds is 6. The van der Waals surface area contributed by atoms with Crippen LogP contribution < -0.4 is 10.5 Å². The van der Waals surface area contributed by atoms with Crippen LogP contribution in [-0.2, 0) is 21.2 Å². The minimum absolute atomic E-state index is 0. The third-order valence-electron chi connectivity index (χ3n) is 5.32. The van der Waals surface area contributed by atoms with Gasteiger partial charge in [-0.1, -0.05) is 54.1 Å². The van der Waals surface area contributed by atoms with Gasteiger partial charge in [0.25, 0.3) is 0 Å². The average Bonchev–Trinajstić information content (AvgIpc) is 2.63. The molecule has 0 radical (unpaired) electrons. The number of hydrogen-bond donors (Lipinski definition) is 2. The summed E-state index contributed by atoms with van der Waals surface area (Å²) in [6, 6.07) is 17.1. The van der Waals surface area contributed by atoms with Crippen LogP contribution in [0.3, 0.4) is 0 Å². The van der Waals surface area contributed by atoms with E-state index < -0.39 is 10.0 Å². The molecule has 0 aromatic heterocycles. The molecule has 1 saturated carbocycles. The Morgan fingerprint density at radius 1 is 1.07 bits per heavy atom. The number of nitrogens with one attached hydrogen (secondary N) is 1. The maximum atomic E-state index is 12.5. The number of sulfonamides is 1. The first-order valence-corrected chi connectivity index (χ1v) is 11.0. The first-order valence-electron chi connectivity index (χ1n) is 8.92. The second kappa shape index (κ2) is 9.39. The molecule has 0 heterocycles. The first kappa shape index (κ1) is 22.2. The summed E-state index contributed by atoms with van der Waals surface area (Å²) in [6.07, 6.45) is 3.25. The van der Waals surface area contributed by atoms with E-state index in [1.54, 1.807) is 0 Å². The highest BCUT2D eigenvalue weighted by molar-refractivity contribution is 7.88. The van der Waals surface area contributed by atoms with Crippen molar-refractivity contribution in [3.8, 4) is 0 Å². The Morgan fingerprint density at radius 3 is 2.33 bits per heavy atom. The lowest BCUT2D eigenvalue weighted by Crippen LogP contribution is -2.45. The summed E-state index contributed by atoms with van der Waals surface area (Å²) in [4.78, 5) is 0. The summed E-state index contributed by atoms with van der Waals surface area (Å²) in [5.74, 6) is 0.0145. The summed E-state index contributed by atoms with van der Waals surface area (Å²) in [5.41, 5.74) is 7.94. The van der Waals surface area contributed by atoms with Gasteiger partial charge in [-0.2, -0.15) is 0 Å². The molecule has 27 heavy (non-hydrogen) atoms. The fourth-order valence-corrected chi connectivity index (χ4v) is 5.45. The molecule has 0 unspecified atom stereocenters. The van der Waals surface area contributed by atoms with E-state index in [1.807, 2.05) is 48.5 Å². The van der Waals surface area contributed by atoms with Crippen LogP contribution in [0.1, 0.15) is 36.8 Å². The van der Waals surface area contributed by atoms with Crippen molar-refractivity contribution in [3.05, 3.63) is 70.7 Å². The molecule has 148 valence electrons. The standard InChI is InChI=1S/C20H25ClN2O2S.ClH/c21-18-8-4-7-17(13-18)20(15-22)11-9-19(10-12-20)23-26(24,25)14-16-5-2-1-3-6-16;/h1-8,13,19,23H,9-12,14-15,22H2;1H. The molecule has 0 spiro atoms. The van der Waals surface area contributed by atoms with Crippen LogP contribution in [0.25, 0.3) is 0 Å². The summed E-state index contributed by atoms with van der Waals surface area (Å²) < 4.78 is 27.8. The second-order valence-electron chi connectivity index (χ2n) is 7.13. The van der Waals surface area contributed by atoms with Gasteiger partial charge in [0.2, 0.25) is 10.0 Å². The maximum absolute atomic E-state index is 12.5. The molecule has 2 aromatic carbocycles. The Balaban J connectivity index is 0.00000261. The van der Waals surface area contributed by atoms with E-state index >= 15 is 0 Å². The number of hydrogen-bond acceptors (Lipinski definition) is 3. The molecule has 2 aromatic rings. The van der Waals surface area contributed by atoms with Crippen molar-refractivity contribution in [3.63, 3.8) is 0 Å². The van der Waals surface area contributed by atoms with Crippen molar-refractivity contribution in [2.24, 2.45) is 5.73 Å². The van der Waals surface area contributed by atoms with E-state index in [9.17, 15) is 8.42 Å². The molecule has 7 heteroatoms. The molecule has 0 bridgehead atoms. The van der Waals surface area contributed by atoms with E-state index in [0.717, 1.165) is 36.8 Å². The van der Waals surface area contributed by atoms with Crippen LogP contribution in [0.15, 0.2) is 54.6 Å². The lowest BCUT2D eigenvalue weighted by Gasteiger charge is -2.40. The SMILES string of the molecule is Cl.NCC1(c2cccc(Cl)c2)CCC(NS(=O)(=O)Cc2ccccc2)CC1. The molecule has 3 rings (SSSR count). The monoisotopic (exact) mass is 428 g/mol. The highest BCUT2D eigenvalue weighted by atomic mass is 35.5. The second-order valence-corrected chi connectivity index (χ2v) is 9.32. The Morgan fingerprint density at radius 2 is 1.74 bits per heavy atom. The van der Waals surface area contributed by atoms with Crippen molar-refractivity contribution in [1.82, 2.24) is 4.72 Å². The summed E-state index contributed by atoms with van der Waals surface area (Å²) in [6.45, 7) is 0.539. The van der Waals surface area contributed by atoms with Crippen LogP contribution in [-0.4, -0.2) is 21.0 Å². The lowest BCUT2D eigenvalue weighted by molar-refractivity contribution is 0.267. The minimum atomic E-state index is -3.35. The van der Waals surface area contributed by atoms with E-state index in [0.29, 0.717) is 11.6 Å². The molecule has 1 aliphatic rings. The van der Waals surface area contributed by atoms with Gasteiger partial charge in [0.15, 0.2) is 0 Å². The number of benzene rings is 2. The van der Waals surface area contributed by atoms with Gasteiger partial charge < -0.3 is 5.73 Å². The predicted octanol–water partition coefficient (Wildman–Crippen LogP) is 4.02. The number of nitrogens with two attached hydrogens (primary N) is 1. The zero-order chi connectivity index (χ0) is 18.6. The van der Waals surface area contributed by atoms with Crippen molar-refractivity contribution < 1.29 is 8.42 Å². The van der Waals surface area contributed by atoms with Crippen molar-refractivity contribution in [2.45, 2.75) is 42.9 Å². The molecular formula is C20H26Cl2N2O2S. The van der Waals surface area contributed by atoms with Crippen molar-refractivity contribution >= 4 is 34.0 Å². The van der Waals surface area contributed by atoms with Gasteiger partial charge in [0.1, 0.15) is 0 Å². The Kier molecular flexibility index (Phi) is 7.72. The average molecular weight is 429 g/mol. The lowest BCUT2D eigenvalue weighted by atomic mass is 9.68. The van der Waals surface area contributed by atoms with Crippen LogP contribution in [0.2, 0.25) is 5.02 Å². The zero-order valence-electron chi connectivity index (χ0n) is 15.1. The molecule has 1 aliphatic carbocycles. The van der Waals surface area contributed by atoms with Gasteiger partial charge in [0, 0.05) is 23.0 Å². The van der Waals surface area contributed by atoms with Gasteiger partial charge in [-0.15, -0.1) is 12.4 Å². The summed E-state index contributed by atoms with van der Waals surface area (Å²) in [5, 5.41) is 0.709. The Labute approximate surface area is 173 Å². The largest absolute Gasteiger partial charge is 0.330 e.